The topological polar surface area (TPSA) is 21.3 Å². The summed E-state index contributed by atoms with van der Waals surface area (Å²) in [6.07, 6.45) is 4.11. The zero-order valence-electron chi connectivity index (χ0n) is 13.5. The molecule has 1 unspecified atom stereocenters. The van der Waals surface area contributed by atoms with E-state index < -0.39 is 0 Å². The van der Waals surface area contributed by atoms with Gasteiger partial charge in [0, 0.05) is 28.9 Å². The van der Waals surface area contributed by atoms with Crippen LogP contribution in [-0.2, 0) is 11.3 Å². The Morgan fingerprint density at radius 3 is 2.71 bits per heavy atom. The Hall–Kier alpha value is -0.540. The summed E-state index contributed by atoms with van der Waals surface area (Å²) in [7, 11) is 1.76. The van der Waals surface area contributed by atoms with Gasteiger partial charge in [-0.1, -0.05) is 42.8 Å². The third-order valence-corrected chi connectivity index (χ3v) is 6.72. The number of fused-ring (bicyclic) bond motifs is 2. The molecule has 3 heteroatoms. The molecule has 3 rings (SSSR count). The largest absolute Gasteiger partial charge is 0.381 e. The van der Waals surface area contributed by atoms with Crippen molar-refractivity contribution in [3.63, 3.8) is 0 Å². The van der Waals surface area contributed by atoms with Crippen LogP contribution in [0.5, 0.6) is 0 Å². The minimum atomic E-state index is 0.361. The number of nitrogens with one attached hydrogen (secondary N) is 1. The van der Waals surface area contributed by atoms with E-state index in [9.17, 15) is 0 Å². The molecule has 0 spiro atoms. The number of benzene rings is 1. The van der Waals surface area contributed by atoms with Crippen LogP contribution in [0.1, 0.15) is 45.6 Å². The average molecular weight is 352 g/mol. The van der Waals surface area contributed by atoms with Crippen LogP contribution in [-0.4, -0.2) is 13.2 Å². The Balaban J connectivity index is 1.92. The van der Waals surface area contributed by atoms with E-state index in [0.29, 0.717) is 23.5 Å². The number of hydrogen-bond acceptors (Lipinski definition) is 2. The molecule has 2 bridgehead atoms. The molecule has 1 aromatic carbocycles. The number of methoxy groups -OCH3 is 1. The molecule has 0 saturated heterocycles. The zero-order valence-corrected chi connectivity index (χ0v) is 15.1. The van der Waals surface area contributed by atoms with Crippen molar-refractivity contribution in [3.8, 4) is 0 Å². The molecule has 2 aliphatic rings. The first-order chi connectivity index (χ1) is 9.88. The maximum Gasteiger partial charge on any atom is 0.0744 e. The Morgan fingerprint density at radius 1 is 1.33 bits per heavy atom. The van der Waals surface area contributed by atoms with E-state index in [-0.39, 0.29) is 0 Å². The van der Waals surface area contributed by atoms with Crippen LogP contribution in [0.15, 0.2) is 22.7 Å². The van der Waals surface area contributed by atoms with Crippen molar-refractivity contribution in [2.24, 2.45) is 16.7 Å². The Labute approximate surface area is 136 Å². The summed E-state index contributed by atoms with van der Waals surface area (Å²) in [5.74, 6) is 0.859. The molecular weight excluding hydrogens is 326 g/mol. The predicted molar refractivity (Wildman–Crippen MR) is 91.5 cm³/mol. The lowest BCUT2D eigenvalue weighted by Gasteiger charge is -2.44. The second-order valence-corrected chi connectivity index (χ2v) is 8.55. The van der Waals surface area contributed by atoms with Gasteiger partial charge in [-0.3, -0.25) is 0 Å². The van der Waals surface area contributed by atoms with Crippen molar-refractivity contribution in [1.29, 1.82) is 0 Å². The third kappa shape index (κ3) is 2.43. The fraction of sp³-hybridized carbons (Fsp3) is 0.667. The quantitative estimate of drug-likeness (QED) is 0.802. The van der Waals surface area contributed by atoms with Gasteiger partial charge >= 0.3 is 0 Å². The van der Waals surface area contributed by atoms with Crippen LogP contribution < -0.4 is 5.32 Å². The highest BCUT2D eigenvalue weighted by atomic mass is 79.9. The van der Waals surface area contributed by atoms with E-state index >= 15 is 0 Å². The van der Waals surface area contributed by atoms with Gasteiger partial charge in [0.05, 0.1) is 6.61 Å². The molecule has 2 nitrogen and oxygen atoms in total. The molecule has 0 heterocycles. The average Bonchev–Trinajstić information content (AvgIpc) is 2.89. The molecule has 1 N–H and O–H groups in total. The zero-order chi connectivity index (χ0) is 15.3. The summed E-state index contributed by atoms with van der Waals surface area (Å²) in [5, 5.41) is 3.89. The van der Waals surface area contributed by atoms with Gasteiger partial charge in [-0.2, -0.15) is 0 Å². The highest BCUT2D eigenvalue weighted by Gasteiger charge is 2.59. The van der Waals surface area contributed by atoms with E-state index in [4.69, 9.17) is 4.74 Å². The fourth-order valence-electron chi connectivity index (χ4n) is 4.80. The first kappa shape index (κ1) is 15.4. The lowest BCUT2D eigenvalue weighted by Crippen LogP contribution is -2.46. The molecule has 3 atom stereocenters. The monoisotopic (exact) mass is 351 g/mol. The molecular formula is C18H26BrNO. The van der Waals surface area contributed by atoms with E-state index in [1.807, 2.05) is 0 Å². The minimum absolute atomic E-state index is 0.361. The highest BCUT2D eigenvalue weighted by Crippen LogP contribution is 2.63. The van der Waals surface area contributed by atoms with Crippen molar-refractivity contribution in [2.45, 2.75) is 52.7 Å². The molecule has 116 valence electrons. The summed E-state index contributed by atoms with van der Waals surface area (Å²) < 4.78 is 6.51. The second-order valence-electron chi connectivity index (χ2n) is 7.69. The van der Waals surface area contributed by atoms with Gasteiger partial charge in [0.1, 0.15) is 0 Å². The molecule has 0 radical (unpaired) electrons. The normalized spacial score (nSPS) is 33.4. The molecule has 1 aromatic rings. The first-order valence-electron chi connectivity index (χ1n) is 7.91. The lowest BCUT2D eigenvalue weighted by molar-refractivity contribution is 0.154. The van der Waals surface area contributed by atoms with Crippen LogP contribution in [0.2, 0.25) is 0 Å². The van der Waals surface area contributed by atoms with Gasteiger partial charge in [-0.25, -0.2) is 0 Å². The van der Waals surface area contributed by atoms with Gasteiger partial charge in [-0.05, 0) is 48.1 Å². The molecule has 2 saturated carbocycles. The Morgan fingerprint density at radius 2 is 2.10 bits per heavy atom. The molecule has 2 aliphatic carbocycles. The van der Waals surface area contributed by atoms with Gasteiger partial charge < -0.3 is 10.1 Å². The summed E-state index contributed by atoms with van der Waals surface area (Å²) in [5.41, 5.74) is 3.24. The summed E-state index contributed by atoms with van der Waals surface area (Å²) in [6, 6.07) is 6.92. The highest BCUT2D eigenvalue weighted by molar-refractivity contribution is 9.10. The van der Waals surface area contributed by atoms with Crippen molar-refractivity contribution >= 4 is 21.6 Å². The molecule has 0 aliphatic heterocycles. The van der Waals surface area contributed by atoms with Crippen LogP contribution in [0, 0.1) is 16.7 Å². The number of anilines is 1. The summed E-state index contributed by atoms with van der Waals surface area (Å²) >= 11 is 3.66. The first-order valence-corrected chi connectivity index (χ1v) is 8.70. The SMILES string of the molecule is COCc1c(Br)cccc1NC1C(C)(C)[C@H]2CC[C@]1(C)C2. The lowest BCUT2D eigenvalue weighted by atomic mass is 9.68. The van der Waals surface area contributed by atoms with Crippen LogP contribution >= 0.6 is 15.9 Å². The number of hydrogen-bond donors (Lipinski definition) is 1. The smallest absolute Gasteiger partial charge is 0.0744 e. The van der Waals surface area contributed by atoms with E-state index in [0.717, 1.165) is 10.4 Å². The predicted octanol–water partition coefficient (Wildman–Crippen LogP) is 5.22. The van der Waals surface area contributed by atoms with E-state index in [1.54, 1.807) is 7.11 Å². The molecule has 0 amide bonds. The van der Waals surface area contributed by atoms with E-state index in [2.05, 4.69) is 60.2 Å². The van der Waals surface area contributed by atoms with Crippen molar-refractivity contribution in [2.75, 3.05) is 12.4 Å². The number of rotatable bonds is 4. The third-order valence-electron chi connectivity index (χ3n) is 5.98. The molecule has 2 fully saturated rings. The van der Waals surface area contributed by atoms with Crippen LogP contribution in [0.25, 0.3) is 0 Å². The summed E-state index contributed by atoms with van der Waals surface area (Å²) in [4.78, 5) is 0. The van der Waals surface area contributed by atoms with Crippen LogP contribution in [0.4, 0.5) is 5.69 Å². The second kappa shape index (κ2) is 5.27. The Bertz CT molecular complexity index is 537. The van der Waals surface area contributed by atoms with Crippen molar-refractivity contribution < 1.29 is 4.74 Å². The van der Waals surface area contributed by atoms with E-state index in [1.165, 1.54) is 30.5 Å². The maximum atomic E-state index is 5.38. The Kier molecular flexibility index (Phi) is 3.86. The fourth-order valence-corrected chi connectivity index (χ4v) is 5.28. The molecule has 21 heavy (non-hydrogen) atoms. The van der Waals surface area contributed by atoms with Crippen LogP contribution in [0.3, 0.4) is 0 Å². The van der Waals surface area contributed by atoms with Crippen molar-refractivity contribution in [1.82, 2.24) is 0 Å². The number of halogens is 1. The van der Waals surface area contributed by atoms with Crippen molar-refractivity contribution in [3.05, 3.63) is 28.2 Å². The van der Waals surface area contributed by atoms with Gasteiger partial charge in [-0.15, -0.1) is 0 Å². The number of ether oxygens (including phenoxy) is 1. The molecule has 0 aromatic heterocycles. The van der Waals surface area contributed by atoms with Gasteiger partial charge in [0.2, 0.25) is 0 Å². The van der Waals surface area contributed by atoms with Gasteiger partial charge in [0.25, 0.3) is 0 Å². The minimum Gasteiger partial charge on any atom is -0.381 e. The summed E-state index contributed by atoms with van der Waals surface area (Å²) in [6.45, 7) is 7.98. The van der Waals surface area contributed by atoms with Gasteiger partial charge in [0.15, 0.2) is 0 Å². The maximum absolute atomic E-state index is 5.38. The standard InChI is InChI=1S/C18H26BrNO/c1-17(2)12-8-9-18(3,10-12)16(17)20-15-7-5-6-14(19)13(15)11-21-4/h5-7,12,16,20H,8-11H2,1-4H3/t12-,16?,18+/m0/s1.